The third kappa shape index (κ3) is 3.22. The summed E-state index contributed by atoms with van der Waals surface area (Å²) in [6.07, 6.45) is 4.29. The maximum Gasteiger partial charge on any atom is 0.269 e. The fraction of sp³-hybridized carbons (Fsp3) is 0.100. The fourth-order valence-corrected chi connectivity index (χ4v) is 1.02. The molecule has 0 spiro atoms. The van der Waals surface area contributed by atoms with Crippen LogP contribution in [0.15, 0.2) is 36.5 Å². The SMILES string of the molecule is C/C=C/[N+]([O-])=C/c1ccc([N+](=O)[O-])cc1. The van der Waals surface area contributed by atoms with Gasteiger partial charge in [0, 0.05) is 17.7 Å². The molecule has 0 aliphatic carbocycles. The molecule has 0 unspecified atom stereocenters. The summed E-state index contributed by atoms with van der Waals surface area (Å²) in [6.45, 7) is 1.73. The van der Waals surface area contributed by atoms with Crippen LogP contribution in [-0.4, -0.2) is 15.9 Å². The Balaban J connectivity index is 2.90. The highest BCUT2D eigenvalue weighted by atomic mass is 16.6. The van der Waals surface area contributed by atoms with E-state index in [1.165, 1.54) is 36.7 Å². The maximum atomic E-state index is 11.1. The lowest BCUT2D eigenvalue weighted by Crippen LogP contribution is -1.96. The van der Waals surface area contributed by atoms with E-state index in [4.69, 9.17) is 0 Å². The summed E-state index contributed by atoms with van der Waals surface area (Å²) in [5.74, 6) is 0. The molecule has 15 heavy (non-hydrogen) atoms. The normalized spacial score (nSPS) is 11.9. The number of non-ortho nitro benzene ring substituents is 1. The van der Waals surface area contributed by atoms with E-state index in [1.807, 2.05) is 0 Å². The Hall–Kier alpha value is -2.17. The van der Waals surface area contributed by atoms with Crippen molar-refractivity contribution in [1.82, 2.24) is 0 Å². The molecule has 0 heterocycles. The third-order valence-electron chi connectivity index (χ3n) is 1.68. The van der Waals surface area contributed by atoms with Crippen LogP contribution in [0.3, 0.4) is 0 Å². The smallest absolute Gasteiger partial charge is 0.269 e. The lowest BCUT2D eigenvalue weighted by atomic mass is 10.2. The summed E-state index contributed by atoms with van der Waals surface area (Å²) >= 11 is 0. The molecule has 78 valence electrons. The Morgan fingerprint density at radius 3 is 2.27 bits per heavy atom. The molecule has 0 amide bonds. The van der Waals surface area contributed by atoms with Crippen LogP contribution < -0.4 is 0 Å². The van der Waals surface area contributed by atoms with Gasteiger partial charge in [-0.25, -0.2) is 0 Å². The molecule has 0 saturated heterocycles. The van der Waals surface area contributed by atoms with E-state index in [-0.39, 0.29) is 5.69 Å². The summed E-state index contributed by atoms with van der Waals surface area (Å²) in [5, 5.41) is 21.4. The van der Waals surface area contributed by atoms with Crippen molar-refractivity contribution >= 4 is 11.9 Å². The Bertz CT molecular complexity index is 407. The minimum Gasteiger partial charge on any atom is -0.619 e. The van der Waals surface area contributed by atoms with Crippen molar-refractivity contribution in [2.24, 2.45) is 0 Å². The highest BCUT2D eigenvalue weighted by Crippen LogP contribution is 2.10. The van der Waals surface area contributed by atoms with Gasteiger partial charge >= 0.3 is 0 Å². The molecule has 1 rings (SSSR count). The van der Waals surface area contributed by atoms with Gasteiger partial charge in [0.25, 0.3) is 5.69 Å². The topological polar surface area (TPSA) is 69.2 Å². The molecule has 0 aromatic heterocycles. The van der Waals surface area contributed by atoms with Crippen molar-refractivity contribution in [3.8, 4) is 0 Å². The number of hydrogen-bond acceptors (Lipinski definition) is 3. The largest absolute Gasteiger partial charge is 0.619 e. The Morgan fingerprint density at radius 2 is 1.80 bits per heavy atom. The number of hydroxylamine groups is 1. The Labute approximate surface area is 86.7 Å². The van der Waals surface area contributed by atoms with Crippen LogP contribution in [0.1, 0.15) is 12.5 Å². The summed E-state index contributed by atoms with van der Waals surface area (Å²) in [5.41, 5.74) is 0.629. The molecule has 1 aromatic rings. The monoisotopic (exact) mass is 206 g/mol. The van der Waals surface area contributed by atoms with Crippen LogP contribution in [0.2, 0.25) is 0 Å². The number of nitro groups is 1. The van der Waals surface area contributed by atoms with Gasteiger partial charge in [0.2, 0.25) is 0 Å². The average molecular weight is 206 g/mol. The van der Waals surface area contributed by atoms with E-state index in [0.717, 1.165) is 0 Å². The first-order valence-electron chi connectivity index (χ1n) is 4.31. The quantitative estimate of drug-likeness (QED) is 0.250. The molecule has 5 heteroatoms. The van der Waals surface area contributed by atoms with Crippen LogP contribution in [0.25, 0.3) is 0 Å². The average Bonchev–Trinajstić information content (AvgIpc) is 2.18. The van der Waals surface area contributed by atoms with Gasteiger partial charge < -0.3 is 5.21 Å². The Kier molecular flexibility index (Phi) is 3.56. The molecular formula is C10H10N2O3. The molecule has 0 bridgehead atoms. The van der Waals surface area contributed by atoms with Crippen LogP contribution in [-0.2, 0) is 0 Å². The van der Waals surface area contributed by atoms with Gasteiger partial charge in [0.1, 0.15) is 0 Å². The summed E-state index contributed by atoms with van der Waals surface area (Å²) in [7, 11) is 0. The van der Waals surface area contributed by atoms with Gasteiger partial charge in [0.15, 0.2) is 12.4 Å². The molecule has 0 atom stereocenters. The van der Waals surface area contributed by atoms with Crippen molar-refractivity contribution in [2.75, 3.05) is 0 Å². The number of allylic oxidation sites excluding steroid dienone is 1. The molecule has 0 aliphatic heterocycles. The van der Waals surface area contributed by atoms with Gasteiger partial charge in [-0.1, -0.05) is 0 Å². The minimum atomic E-state index is -0.481. The number of nitrogens with zero attached hydrogens (tertiary/aromatic N) is 2. The van der Waals surface area contributed by atoms with E-state index in [2.05, 4.69) is 0 Å². The minimum absolute atomic E-state index is 0.00984. The highest BCUT2D eigenvalue weighted by Gasteiger charge is 2.03. The van der Waals surface area contributed by atoms with Crippen LogP contribution >= 0.6 is 0 Å². The first kappa shape index (κ1) is 10.9. The van der Waals surface area contributed by atoms with E-state index in [0.29, 0.717) is 10.3 Å². The number of nitro benzene ring substituents is 1. The molecular weight excluding hydrogens is 196 g/mol. The fourth-order valence-electron chi connectivity index (χ4n) is 1.02. The number of hydrogen-bond donors (Lipinski definition) is 0. The second-order valence-electron chi connectivity index (χ2n) is 2.82. The van der Waals surface area contributed by atoms with Gasteiger partial charge in [-0.2, -0.15) is 4.74 Å². The van der Waals surface area contributed by atoms with Gasteiger partial charge in [-0.3, -0.25) is 10.1 Å². The molecule has 5 nitrogen and oxygen atoms in total. The van der Waals surface area contributed by atoms with Gasteiger partial charge in [-0.05, 0) is 25.1 Å². The second-order valence-corrected chi connectivity index (χ2v) is 2.82. The summed E-state index contributed by atoms with van der Waals surface area (Å²) < 4.78 is 0.640. The van der Waals surface area contributed by atoms with Crippen LogP contribution in [0.4, 0.5) is 5.69 Å². The zero-order valence-electron chi connectivity index (χ0n) is 8.16. The van der Waals surface area contributed by atoms with Crippen molar-refractivity contribution in [3.05, 3.63) is 57.4 Å². The maximum absolute atomic E-state index is 11.1. The summed E-state index contributed by atoms with van der Waals surface area (Å²) in [6, 6.07) is 5.75. The van der Waals surface area contributed by atoms with Crippen molar-refractivity contribution in [3.63, 3.8) is 0 Å². The van der Waals surface area contributed by atoms with E-state index in [1.54, 1.807) is 13.0 Å². The van der Waals surface area contributed by atoms with Crippen molar-refractivity contribution < 1.29 is 9.66 Å². The van der Waals surface area contributed by atoms with E-state index in [9.17, 15) is 15.3 Å². The number of benzene rings is 1. The predicted molar refractivity (Wildman–Crippen MR) is 56.7 cm³/mol. The molecule has 0 radical (unpaired) electrons. The molecule has 1 aromatic carbocycles. The third-order valence-corrected chi connectivity index (χ3v) is 1.68. The van der Waals surface area contributed by atoms with Crippen LogP contribution in [0, 0.1) is 15.3 Å². The lowest BCUT2D eigenvalue weighted by molar-refractivity contribution is -0.384. The first-order chi connectivity index (χ1) is 7.13. The van der Waals surface area contributed by atoms with E-state index < -0.39 is 4.92 Å². The molecule has 0 N–H and O–H groups in total. The second kappa shape index (κ2) is 4.90. The lowest BCUT2D eigenvalue weighted by Gasteiger charge is -1.96. The van der Waals surface area contributed by atoms with Gasteiger partial charge in [-0.15, -0.1) is 0 Å². The summed E-state index contributed by atoms with van der Waals surface area (Å²) in [4.78, 5) is 9.87. The first-order valence-corrected chi connectivity index (χ1v) is 4.31. The highest BCUT2D eigenvalue weighted by molar-refractivity contribution is 5.76. The molecule has 0 fully saturated rings. The zero-order valence-corrected chi connectivity index (χ0v) is 8.16. The molecule has 0 aliphatic rings. The van der Waals surface area contributed by atoms with Crippen molar-refractivity contribution in [1.29, 1.82) is 0 Å². The zero-order chi connectivity index (χ0) is 11.3. The van der Waals surface area contributed by atoms with Crippen LogP contribution in [0.5, 0.6) is 0 Å². The van der Waals surface area contributed by atoms with E-state index >= 15 is 0 Å². The number of rotatable bonds is 3. The predicted octanol–water partition coefficient (Wildman–Crippen LogP) is 2.06. The van der Waals surface area contributed by atoms with Crippen molar-refractivity contribution in [2.45, 2.75) is 6.92 Å². The molecule has 0 saturated carbocycles. The standard InChI is InChI=1S/C10H10N2O3/c1-2-7-11(13)8-9-3-5-10(6-4-9)12(14)15/h2-8H,1H3/b7-2+,11-8-. The van der Waals surface area contributed by atoms with Gasteiger partial charge in [0.05, 0.1) is 4.92 Å². The Morgan fingerprint density at radius 1 is 1.20 bits per heavy atom.